The van der Waals surface area contributed by atoms with Gasteiger partial charge in [0.2, 0.25) is 10.0 Å². The Morgan fingerprint density at radius 1 is 1.00 bits per heavy atom. The first kappa shape index (κ1) is 18.4. The van der Waals surface area contributed by atoms with Crippen molar-refractivity contribution in [1.29, 1.82) is 0 Å². The van der Waals surface area contributed by atoms with Crippen molar-refractivity contribution in [3.05, 3.63) is 54.6 Å². The van der Waals surface area contributed by atoms with Crippen LogP contribution in [-0.2, 0) is 10.0 Å². The van der Waals surface area contributed by atoms with Crippen LogP contribution in [0.15, 0.2) is 59.5 Å². The van der Waals surface area contributed by atoms with E-state index in [1.165, 1.54) is 0 Å². The Morgan fingerprint density at radius 2 is 1.54 bits per heavy atom. The van der Waals surface area contributed by atoms with E-state index < -0.39 is 10.0 Å². The molecule has 0 spiro atoms. The zero-order valence-electron chi connectivity index (χ0n) is 13.6. The summed E-state index contributed by atoms with van der Waals surface area (Å²) < 4.78 is 27.0. The zero-order valence-corrected chi connectivity index (χ0v) is 15.2. The Balaban J connectivity index is 2.00. The molecule has 128 valence electrons. The summed E-state index contributed by atoms with van der Waals surface area (Å²) in [6.07, 6.45) is 0.734. The molecule has 0 aliphatic heterocycles. The van der Waals surface area contributed by atoms with Crippen molar-refractivity contribution in [2.24, 2.45) is 0 Å². The summed E-state index contributed by atoms with van der Waals surface area (Å²) in [4.78, 5) is 0.232. The van der Waals surface area contributed by atoms with E-state index in [-0.39, 0.29) is 10.9 Å². The number of thiocarbonyl (C=S) groups is 1. The average Bonchev–Trinajstić information content (AvgIpc) is 2.55. The smallest absolute Gasteiger partial charge is 0.240 e. The van der Waals surface area contributed by atoms with Gasteiger partial charge in [-0.15, -0.1) is 0 Å². The van der Waals surface area contributed by atoms with Crippen LogP contribution in [0.4, 0.5) is 11.4 Å². The maximum atomic E-state index is 12.2. The fraction of sp³-hybridized carbons (Fsp3) is 0.235. The minimum atomic E-state index is -3.49. The molecule has 2 rings (SSSR count). The minimum Gasteiger partial charge on any atom is -0.332 e. The van der Waals surface area contributed by atoms with Gasteiger partial charge in [-0.05, 0) is 62.0 Å². The lowest BCUT2D eigenvalue weighted by Gasteiger charge is -2.13. The highest BCUT2D eigenvalue weighted by molar-refractivity contribution is 7.89. The molecule has 0 aromatic heterocycles. The number of benzene rings is 2. The molecule has 5 nitrogen and oxygen atoms in total. The van der Waals surface area contributed by atoms with Gasteiger partial charge in [0.25, 0.3) is 0 Å². The molecule has 0 radical (unpaired) electrons. The van der Waals surface area contributed by atoms with Crippen LogP contribution in [-0.4, -0.2) is 19.6 Å². The second kappa shape index (κ2) is 8.23. The highest BCUT2D eigenvalue weighted by Gasteiger charge is 2.16. The number of hydrogen-bond acceptors (Lipinski definition) is 3. The molecule has 0 fully saturated rings. The van der Waals surface area contributed by atoms with Gasteiger partial charge in [0.1, 0.15) is 0 Å². The van der Waals surface area contributed by atoms with Gasteiger partial charge in [0.15, 0.2) is 5.11 Å². The molecule has 1 unspecified atom stereocenters. The van der Waals surface area contributed by atoms with E-state index in [2.05, 4.69) is 15.4 Å². The van der Waals surface area contributed by atoms with Crippen molar-refractivity contribution in [3.63, 3.8) is 0 Å². The molecule has 2 aromatic rings. The summed E-state index contributed by atoms with van der Waals surface area (Å²) in [6, 6.07) is 15.9. The summed E-state index contributed by atoms with van der Waals surface area (Å²) in [5.41, 5.74) is 1.60. The molecular weight excluding hydrogens is 342 g/mol. The second-order valence-electron chi connectivity index (χ2n) is 5.40. The highest BCUT2D eigenvalue weighted by Crippen LogP contribution is 2.15. The maximum Gasteiger partial charge on any atom is 0.240 e. The SMILES string of the molecule is CCC(C)NS(=O)(=O)c1ccc(NC(=S)Nc2ccccc2)cc1. The molecule has 0 bridgehead atoms. The van der Waals surface area contributed by atoms with Crippen molar-refractivity contribution in [2.75, 3.05) is 10.6 Å². The lowest BCUT2D eigenvalue weighted by atomic mass is 10.3. The number of hydrogen-bond donors (Lipinski definition) is 3. The van der Waals surface area contributed by atoms with Crippen LogP contribution in [0, 0.1) is 0 Å². The first-order valence-electron chi connectivity index (χ1n) is 7.66. The van der Waals surface area contributed by atoms with Gasteiger partial charge >= 0.3 is 0 Å². The monoisotopic (exact) mass is 363 g/mol. The fourth-order valence-corrected chi connectivity index (χ4v) is 3.51. The topological polar surface area (TPSA) is 70.2 Å². The third kappa shape index (κ3) is 5.30. The third-order valence-corrected chi connectivity index (χ3v) is 5.23. The van der Waals surface area contributed by atoms with E-state index in [4.69, 9.17) is 12.2 Å². The lowest BCUT2D eigenvalue weighted by molar-refractivity contribution is 0.556. The Morgan fingerprint density at radius 3 is 2.08 bits per heavy atom. The van der Waals surface area contributed by atoms with Gasteiger partial charge in [-0.3, -0.25) is 0 Å². The molecule has 0 saturated heterocycles. The number of nitrogens with one attached hydrogen (secondary N) is 3. The maximum absolute atomic E-state index is 12.2. The molecule has 1 atom stereocenters. The predicted molar refractivity (Wildman–Crippen MR) is 103 cm³/mol. The summed E-state index contributed by atoms with van der Waals surface area (Å²) in [6.45, 7) is 3.77. The quantitative estimate of drug-likeness (QED) is 0.685. The van der Waals surface area contributed by atoms with E-state index >= 15 is 0 Å². The summed E-state index contributed by atoms with van der Waals surface area (Å²) in [5.74, 6) is 0. The van der Waals surface area contributed by atoms with Crippen LogP contribution in [0.1, 0.15) is 20.3 Å². The first-order valence-corrected chi connectivity index (χ1v) is 9.55. The second-order valence-corrected chi connectivity index (χ2v) is 7.52. The number of para-hydroxylation sites is 1. The normalized spacial score (nSPS) is 12.4. The van der Waals surface area contributed by atoms with E-state index in [0.29, 0.717) is 10.8 Å². The standard InChI is InChI=1S/C17H21N3O2S2/c1-3-13(2)20-24(21,22)16-11-9-15(10-12-16)19-17(23)18-14-7-5-4-6-8-14/h4-13,20H,3H2,1-2H3,(H2,18,19,23). The van der Waals surface area contributed by atoms with Gasteiger partial charge in [-0.25, -0.2) is 13.1 Å². The molecule has 0 aliphatic rings. The molecular formula is C17H21N3O2S2. The van der Waals surface area contributed by atoms with Crippen LogP contribution in [0.25, 0.3) is 0 Å². The first-order chi connectivity index (χ1) is 11.4. The van der Waals surface area contributed by atoms with Gasteiger partial charge < -0.3 is 10.6 Å². The largest absolute Gasteiger partial charge is 0.332 e. The van der Waals surface area contributed by atoms with E-state index in [9.17, 15) is 8.42 Å². The van der Waals surface area contributed by atoms with E-state index in [0.717, 1.165) is 12.1 Å². The molecule has 0 amide bonds. The van der Waals surface area contributed by atoms with Crippen LogP contribution >= 0.6 is 12.2 Å². The summed E-state index contributed by atoms with van der Waals surface area (Å²) >= 11 is 5.24. The van der Waals surface area contributed by atoms with Crippen molar-refractivity contribution < 1.29 is 8.42 Å². The third-order valence-electron chi connectivity index (χ3n) is 3.42. The summed E-state index contributed by atoms with van der Waals surface area (Å²) in [5, 5.41) is 6.52. The predicted octanol–water partition coefficient (Wildman–Crippen LogP) is 3.57. The zero-order chi connectivity index (χ0) is 17.6. The Kier molecular flexibility index (Phi) is 6.30. The Labute approximate surface area is 148 Å². The van der Waals surface area contributed by atoms with Gasteiger partial charge in [-0.2, -0.15) is 0 Å². The van der Waals surface area contributed by atoms with Crippen LogP contribution in [0.5, 0.6) is 0 Å². The van der Waals surface area contributed by atoms with Crippen LogP contribution in [0.2, 0.25) is 0 Å². The molecule has 0 saturated carbocycles. The minimum absolute atomic E-state index is 0.101. The van der Waals surface area contributed by atoms with Crippen molar-refractivity contribution in [1.82, 2.24) is 4.72 Å². The Hall–Kier alpha value is -1.96. The summed E-state index contributed by atoms with van der Waals surface area (Å²) in [7, 11) is -3.49. The van der Waals surface area contributed by atoms with Crippen molar-refractivity contribution >= 4 is 38.7 Å². The van der Waals surface area contributed by atoms with E-state index in [1.54, 1.807) is 24.3 Å². The molecule has 2 aromatic carbocycles. The highest BCUT2D eigenvalue weighted by atomic mass is 32.2. The van der Waals surface area contributed by atoms with Crippen LogP contribution in [0.3, 0.4) is 0 Å². The molecule has 24 heavy (non-hydrogen) atoms. The van der Waals surface area contributed by atoms with Gasteiger partial charge in [-0.1, -0.05) is 25.1 Å². The van der Waals surface area contributed by atoms with Crippen molar-refractivity contribution in [3.8, 4) is 0 Å². The molecule has 7 heteroatoms. The van der Waals surface area contributed by atoms with E-state index in [1.807, 2.05) is 44.2 Å². The molecule has 3 N–H and O–H groups in total. The number of anilines is 2. The van der Waals surface area contributed by atoms with Crippen molar-refractivity contribution in [2.45, 2.75) is 31.2 Å². The van der Waals surface area contributed by atoms with Crippen LogP contribution < -0.4 is 15.4 Å². The number of rotatable bonds is 6. The number of sulfonamides is 1. The fourth-order valence-electron chi connectivity index (χ4n) is 1.95. The Bertz CT molecular complexity index is 775. The van der Waals surface area contributed by atoms with Gasteiger partial charge in [0.05, 0.1) is 4.90 Å². The molecule has 0 heterocycles. The molecule has 0 aliphatic carbocycles. The average molecular weight is 364 g/mol. The lowest BCUT2D eigenvalue weighted by Crippen LogP contribution is -2.31. The van der Waals surface area contributed by atoms with Gasteiger partial charge in [0, 0.05) is 17.4 Å².